The van der Waals surface area contributed by atoms with Crippen molar-refractivity contribution < 1.29 is 0 Å². The summed E-state index contributed by atoms with van der Waals surface area (Å²) in [6.45, 7) is 2.02. The van der Waals surface area contributed by atoms with Crippen LogP contribution in [0.3, 0.4) is 0 Å². The Bertz CT molecular complexity index is 1100. The van der Waals surface area contributed by atoms with E-state index in [-0.39, 0.29) is 10.8 Å². The second-order valence-corrected chi connectivity index (χ2v) is 6.98. The van der Waals surface area contributed by atoms with Crippen molar-refractivity contribution in [1.82, 2.24) is 19.5 Å². The maximum absolute atomic E-state index is 12.2. The average molecular weight is 336 g/mol. The number of hydrogen-bond donors (Lipinski definition) is 1. The summed E-state index contributed by atoms with van der Waals surface area (Å²) < 4.78 is 2.07. The number of nitrogens with zero attached hydrogens (tertiary/aromatic N) is 3. The fourth-order valence-corrected chi connectivity index (χ4v) is 3.69. The van der Waals surface area contributed by atoms with Crippen LogP contribution in [0.4, 0.5) is 0 Å². The molecule has 1 N–H and O–H groups in total. The van der Waals surface area contributed by atoms with Crippen LogP contribution in [0.5, 0.6) is 0 Å². The predicted octanol–water partition coefficient (Wildman–Crippen LogP) is 3.66. The molecule has 0 unspecified atom stereocenters. The van der Waals surface area contributed by atoms with Gasteiger partial charge in [0.15, 0.2) is 5.16 Å². The predicted molar refractivity (Wildman–Crippen MR) is 97.3 cm³/mol. The van der Waals surface area contributed by atoms with Crippen LogP contribution in [0.15, 0.2) is 58.5 Å². The number of para-hydroxylation sites is 3. The van der Waals surface area contributed by atoms with Crippen molar-refractivity contribution >= 4 is 33.7 Å². The van der Waals surface area contributed by atoms with Crippen molar-refractivity contribution in [2.24, 2.45) is 7.05 Å². The minimum Gasteiger partial charge on any atom is -0.322 e. The van der Waals surface area contributed by atoms with E-state index in [0.717, 1.165) is 16.2 Å². The lowest BCUT2D eigenvalue weighted by molar-refractivity contribution is 0.806. The molecule has 0 radical (unpaired) electrons. The fraction of sp³-hybridized carbons (Fsp3) is 0.167. The Balaban J connectivity index is 1.72. The van der Waals surface area contributed by atoms with Crippen molar-refractivity contribution in [3.05, 3.63) is 64.7 Å². The average Bonchev–Trinajstić information content (AvgIpc) is 2.91. The summed E-state index contributed by atoms with van der Waals surface area (Å²) in [7, 11) is 2.00. The van der Waals surface area contributed by atoms with Gasteiger partial charge in [-0.3, -0.25) is 4.79 Å². The maximum atomic E-state index is 12.2. The van der Waals surface area contributed by atoms with Crippen LogP contribution in [0, 0.1) is 0 Å². The van der Waals surface area contributed by atoms with Gasteiger partial charge in [-0.05, 0) is 31.2 Å². The monoisotopic (exact) mass is 336 g/mol. The first kappa shape index (κ1) is 15.0. The highest BCUT2D eigenvalue weighted by Gasteiger charge is 2.16. The van der Waals surface area contributed by atoms with Gasteiger partial charge in [0.25, 0.3) is 5.56 Å². The van der Waals surface area contributed by atoms with Gasteiger partial charge >= 0.3 is 0 Å². The van der Waals surface area contributed by atoms with Crippen molar-refractivity contribution in [1.29, 1.82) is 0 Å². The number of benzene rings is 2. The molecule has 0 fully saturated rings. The van der Waals surface area contributed by atoms with E-state index in [4.69, 9.17) is 0 Å². The van der Waals surface area contributed by atoms with Crippen molar-refractivity contribution in [3.8, 4) is 0 Å². The molecule has 2 heterocycles. The van der Waals surface area contributed by atoms with Gasteiger partial charge in [-0.1, -0.05) is 36.0 Å². The largest absolute Gasteiger partial charge is 0.322 e. The fourth-order valence-electron chi connectivity index (χ4n) is 2.74. The summed E-state index contributed by atoms with van der Waals surface area (Å²) in [6.07, 6.45) is 0. The third-order valence-corrected chi connectivity index (χ3v) is 5.20. The molecule has 0 saturated carbocycles. The summed E-state index contributed by atoms with van der Waals surface area (Å²) in [5.74, 6) is 0.663. The number of aryl methyl sites for hydroxylation is 1. The molecule has 1 atom stereocenters. The molecule has 0 aliphatic carbocycles. The molecular formula is C18H16N4OS. The highest BCUT2D eigenvalue weighted by Crippen LogP contribution is 2.33. The molecule has 120 valence electrons. The molecule has 2 aromatic heterocycles. The zero-order valence-electron chi connectivity index (χ0n) is 13.4. The lowest BCUT2D eigenvalue weighted by Gasteiger charge is -2.11. The van der Waals surface area contributed by atoms with Crippen LogP contribution in [0.1, 0.15) is 18.0 Å². The third-order valence-electron chi connectivity index (χ3n) is 4.04. The number of aromatic nitrogens is 4. The number of H-pyrrole nitrogens is 1. The second kappa shape index (κ2) is 5.79. The molecule has 2 aromatic carbocycles. The number of nitrogens with one attached hydrogen (secondary N) is 1. The molecule has 0 saturated heterocycles. The Morgan fingerprint density at radius 1 is 1.04 bits per heavy atom. The molecule has 4 rings (SSSR count). The number of hydrogen-bond acceptors (Lipinski definition) is 4. The van der Waals surface area contributed by atoms with Crippen molar-refractivity contribution in [2.45, 2.75) is 17.3 Å². The van der Waals surface area contributed by atoms with Gasteiger partial charge in [0.05, 0.1) is 27.2 Å². The van der Waals surface area contributed by atoms with E-state index in [1.165, 1.54) is 0 Å². The van der Waals surface area contributed by atoms with Gasteiger partial charge in [-0.2, -0.15) is 0 Å². The molecule has 0 amide bonds. The van der Waals surface area contributed by atoms with E-state index in [1.54, 1.807) is 17.8 Å². The minimum atomic E-state index is -0.104. The lowest BCUT2D eigenvalue weighted by Crippen LogP contribution is -2.13. The summed E-state index contributed by atoms with van der Waals surface area (Å²) >= 11 is 1.59. The Labute approximate surface area is 142 Å². The smallest absolute Gasteiger partial charge is 0.258 e. The second-order valence-electron chi connectivity index (χ2n) is 5.67. The van der Waals surface area contributed by atoms with Gasteiger partial charge in [-0.25, -0.2) is 9.97 Å². The summed E-state index contributed by atoms with van der Waals surface area (Å²) in [5.41, 5.74) is 2.67. The molecule has 6 heteroatoms. The number of imidazole rings is 1. The van der Waals surface area contributed by atoms with Gasteiger partial charge in [0, 0.05) is 7.05 Å². The first-order valence-electron chi connectivity index (χ1n) is 7.70. The molecule has 0 aliphatic heterocycles. The molecule has 4 aromatic rings. The van der Waals surface area contributed by atoms with Crippen LogP contribution >= 0.6 is 11.8 Å². The standard InChI is InChI=1S/C18H16N4OS/c1-11(16-19-13-8-4-3-7-12(13)17(23)21-16)24-18-20-14-9-5-6-10-15(14)22(18)2/h3-11H,1-2H3,(H,19,21,23)/t11-/m1/s1. The van der Waals surface area contributed by atoms with E-state index in [9.17, 15) is 4.79 Å². The highest BCUT2D eigenvalue weighted by atomic mass is 32.2. The van der Waals surface area contributed by atoms with Gasteiger partial charge < -0.3 is 9.55 Å². The normalized spacial score (nSPS) is 12.8. The Kier molecular flexibility index (Phi) is 3.61. The molecule has 24 heavy (non-hydrogen) atoms. The first-order valence-corrected chi connectivity index (χ1v) is 8.58. The van der Waals surface area contributed by atoms with Crippen LogP contribution in [-0.2, 0) is 7.05 Å². The minimum absolute atomic E-state index is 0.0159. The van der Waals surface area contributed by atoms with Gasteiger partial charge in [0.2, 0.25) is 0 Å². The Hall–Kier alpha value is -2.60. The third kappa shape index (κ3) is 2.49. The molecule has 0 aliphatic rings. The van der Waals surface area contributed by atoms with Crippen LogP contribution in [-0.4, -0.2) is 19.5 Å². The summed E-state index contributed by atoms with van der Waals surface area (Å²) in [4.78, 5) is 24.4. The molecular weight excluding hydrogens is 320 g/mol. The molecule has 5 nitrogen and oxygen atoms in total. The first-order chi connectivity index (χ1) is 11.6. The summed E-state index contributed by atoms with van der Waals surface area (Å²) in [5, 5.41) is 1.50. The van der Waals surface area contributed by atoms with Crippen molar-refractivity contribution in [2.75, 3.05) is 0 Å². The van der Waals surface area contributed by atoms with Crippen molar-refractivity contribution in [3.63, 3.8) is 0 Å². The zero-order valence-corrected chi connectivity index (χ0v) is 14.2. The van der Waals surface area contributed by atoms with E-state index in [1.807, 2.05) is 56.4 Å². The topological polar surface area (TPSA) is 63.6 Å². The van der Waals surface area contributed by atoms with E-state index in [0.29, 0.717) is 16.7 Å². The Morgan fingerprint density at radius 2 is 1.75 bits per heavy atom. The number of thioether (sulfide) groups is 1. The van der Waals surface area contributed by atoms with Gasteiger partial charge in [-0.15, -0.1) is 0 Å². The molecule has 0 spiro atoms. The highest BCUT2D eigenvalue weighted by molar-refractivity contribution is 7.99. The van der Waals surface area contributed by atoms with Crippen LogP contribution < -0.4 is 5.56 Å². The number of fused-ring (bicyclic) bond motifs is 2. The number of aromatic amines is 1. The van der Waals surface area contributed by atoms with E-state index >= 15 is 0 Å². The maximum Gasteiger partial charge on any atom is 0.258 e. The lowest BCUT2D eigenvalue weighted by atomic mass is 10.2. The van der Waals surface area contributed by atoms with Gasteiger partial charge in [0.1, 0.15) is 5.82 Å². The molecule has 0 bridgehead atoms. The van der Waals surface area contributed by atoms with Crippen LogP contribution in [0.25, 0.3) is 21.9 Å². The SMILES string of the molecule is C[C@@H](Sc1nc2ccccc2n1C)c1nc2ccccc2c(=O)[nH]1. The number of rotatable bonds is 3. The van der Waals surface area contributed by atoms with E-state index < -0.39 is 0 Å². The zero-order chi connectivity index (χ0) is 16.7. The Morgan fingerprint density at radius 3 is 2.54 bits per heavy atom. The van der Waals surface area contributed by atoms with Crippen LogP contribution in [0.2, 0.25) is 0 Å². The van der Waals surface area contributed by atoms with E-state index in [2.05, 4.69) is 19.5 Å². The summed E-state index contributed by atoms with van der Waals surface area (Å²) in [6, 6.07) is 15.4. The quantitative estimate of drug-likeness (QED) is 0.580.